The second kappa shape index (κ2) is 7.49. The summed E-state index contributed by atoms with van der Waals surface area (Å²) in [7, 11) is 0. The summed E-state index contributed by atoms with van der Waals surface area (Å²) in [6.45, 7) is 8.74. The molecular formula is C21H30N4O2. The summed E-state index contributed by atoms with van der Waals surface area (Å²) in [4.78, 5) is 19.3. The standard InChI is InChI=1S/C21H30N4O2/c1-14-13-22-21(18-4-5-18)25(14)11-8-17-6-9-24(10-7-17)20(26)12-19-15(2)23-27-16(19)3/h13,17-18H,4-12H2,1-3H3. The van der Waals surface area contributed by atoms with Gasteiger partial charge in [-0.25, -0.2) is 4.98 Å². The molecule has 0 bridgehead atoms. The Labute approximate surface area is 160 Å². The maximum absolute atomic E-state index is 12.6. The van der Waals surface area contributed by atoms with Gasteiger partial charge in [-0.1, -0.05) is 5.16 Å². The van der Waals surface area contributed by atoms with E-state index in [2.05, 4.69) is 21.6 Å². The number of carbonyl (C=O) groups is 1. The van der Waals surface area contributed by atoms with Crippen molar-refractivity contribution in [2.75, 3.05) is 13.1 Å². The predicted octanol–water partition coefficient (Wildman–Crippen LogP) is 3.55. The second-order valence-electron chi connectivity index (χ2n) is 8.28. The summed E-state index contributed by atoms with van der Waals surface area (Å²) in [6, 6.07) is 0. The van der Waals surface area contributed by atoms with Gasteiger partial charge in [0.05, 0.1) is 12.1 Å². The summed E-state index contributed by atoms with van der Waals surface area (Å²) >= 11 is 0. The maximum atomic E-state index is 12.6. The van der Waals surface area contributed by atoms with Crippen LogP contribution < -0.4 is 0 Å². The molecule has 0 aromatic carbocycles. The quantitative estimate of drug-likeness (QED) is 0.780. The summed E-state index contributed by atoms with van der Waals surface area (Å²) in [5.41, 5.74) is 3.06. The molecule has 2 fully saturated rings. The normalized spacial score (nSPS) is 18.3. The van der Waals surface area contributed by atoms with Gasteiger partial charge in [0.2, 0.25) is 5.91 Å². The number of nitrogens with zero attached hydrogens (tertiary/aromatic N) is 4. The molecule has 1 saturated heterocycles. The molecule has 1 aliphatic heterocycles. The molecule has 27 heavy (non-hydrogen) atoms. The van der Waals surface area contributed by atoms with Crippen molar-refractivity contribution in [3.05, 3.63) is 34.7 Å². The molecule has 4 rings (SSSR count). The third-order valence-corrected chi connectivity index (χ3v) is 6.27. The van der Waals surface area contributed by atoms with E-state index in [1.807, 2.05) is 24.9 Å². The summed E-state index contributed by atoms with van der Waals surface area (Å²) in [5, 5.41) is 3.95. The van der Waals surface area contributed by atoms with Crippen LogP contribution in [0.4, 0.5) is 0 Å². The van der Waals surface area contributed by atoms with Crippen LogP contribution in [0, 0.1) is 26.7 Å². The fourth-order valence-corrected chi connectivity index (χ4v) is 4.24. The van der Waals surface area contributed by atoms with Crippen molar-refractivity contribution in [2.45, 2.75) is 71.8 Å². The highest BCUT2D eigenvalue weighted by Gasteiger charge is 2.29. The van der Waals surface area contributed by atoms with Gasteiger partial charge in [0, 0.05) is 43.0 Å². The third-order valence-electron chi connectivity index (χ3n) is 6.27. The third kappa shape index (κ3) is 3.94. The van der Waals surface area contributed by atoms with E-state index in [1.54, 1.807) is 0 Å². The van der Waals surface area contributed by atoms with Crippen molar-refractivity contribution < 1.29 is 9.32 Å². The lowest BCUT2D eigenvalue weighted by atomic mass is 9.93. The monoisotopic (exact) mass is 370 g/mol. The Kier molecular flexibility index (Phi) is 5.06. The summed E-state index contributed by atoms with van der Waals surface area (Å²) in [6.07, 6.45) is 8.39. The Bertz CT molecular complexity index is 791. The molecule has 2 aromatic heterocycles. The van der Waals surface area contributed by atoms with Crippen LogP contribution in [-0.2, 0) is 17.8 Å². The van der Waals surface area contributed by atoms with Gasteiger partial charge < -0.3 is 14.0 Å². The van der Waals surface area contributed by atoms with Gasteiger partial charge in [-0.2, -0.15) is 0 Å². The Morgan fingerprint density at radius 1 is 1.19 bits per heavy atom. The highest BCUT2D eigenvalue weighted by molar-refractivity contribution is 5.79. The molecule has 1 saturated carbocycles. The highest BCUT2D eigenvalue weighted by Crippen LogP contribution is 2.39. The lowest BCUT2D eigenvalue weighted by molar-refractivity contribution is -0.131. The number of aromatic nitrogens is 3. The van der Waals surface area contributed by atoms with Crippen LogP contribution in [0.15, 0.2) is 10.7 Å². The van der Waals surface area contributed by atoms with Crippen molar-refractivity contribution in [3.8, 4) is 0 Å². The lowest BCUT2D eigenvalue weighted by Gasteiger charge is -2.32. The van der Waals surface area contributed by atoms with Gasteiger partial charge >= 0.3 is 0 Å². The van der Waals surface area contributed by atoms with Crippen LogP contribution in [0.5, 0.6) is 0 Å². The van der Waals surface area contributed by atoms with E-state index < -0.39 is 0 Å². The van der Waals surface area contributed by atoms with Crippen molar-refractivity contribution in [1.29, 1.82) is 0 Å². The number of rotatable bonds is 6. The van der Waals surface area contributed by atoms with E-state index in [-0.39, 0.29) is 5.91 Å². The molecule has 0 spiro atoms. The van der Waals surface area contributed by atoms with E-state index in [0.29, 0.717) is 18.3 Å². The van der Waals surface area contributed by atoms with E-state index >= 15 is 0 Å². The molecule has 0 radical (unpaired) electrons. The fraction of sp³-hybridized carbons (Fsp3) is 0.667. The fourth-order valence-electron chi connectivity index (χ4n) is 4.24. The molecule has 2 aliphatic rings. The number of aryl methyl sites for hydroxylation is 3. The molecule has 3 heterocycles. The van der Waals surface area contributed by atoms with E-state index in [4.69, 9.17) is 4.52 Å². The maximum Gasteiger partial charge on any atom is 0.227 e. The second-order valence-corrected chi connectivity index (χ2v) is 8.28. The zero-order valence-electron chi connectivity index (χ0n) is 16.7. The zero-order valence-corrected chi connectivity index (χ0v) is 16.7. The number of likely N-dealkylation sites (tertiary alicyclic amines) is 1. The van der Waals surface area contributed by atoms with Gasteiger partial charge in [-0.15, -0.1) is 0 Å². The van der Waals surface area contributed by atoms with E-state index in [1.165, 1.54) is 30.8 Å². The van der Waals surface area contributed by atoms with E-state index in [0.717, 1.165) is 49.5 Å². The molecule has 0 N–H and O–H groups in total. The SMILES string of the molecule is Cc1noc(C)c1CC(=O)N1CCC(CCn2c(C)cnc2C2CC2)CC1. The molecular weight excluding hydrogens is 340 g/mol. The van der Waals surface area contributed by atoms with Gasteiger partial charge in [-0.3, -0.25) is 4.79 Å². The molecule has 6 heteroatoms. The minimum Gasteiger partial charge on any atom is -0.361 e. The first-order valence-corrected chi connectivity index (χ1v) is 10.2. The van der Waals surface area contributed by atoms with Gasteiger partial charge in [0.25, 0.3) is 0 Å². The Morgan fingerprint density at radius 3 is 2.56 bits per heavy atom. The van der Waals surface area contributed by atoms with Crippen molar-refractivity contribution in [3.63, 3.8) is 0 Å². The van der Waals surface area contributed by atoms with Crippen LogP contribution in [0.1, 0.15) is 66.6 Å². The molecule has 1 amide bonds. The number of amides is 1. The van der Waals surface area contributed by atoms with Crippen LogP contribution in [0.25, 0.3) is 0 Å². The average molecular weight is 370 g/mol. The first-order valence-electron chi connectivity index (χ1n) is 10.2. The molecule has 2 aromatic rings. The van der Waals surface area contributed by atoms with Crippen LogP contribution >= 0.6 is 0 Å². The van der Waals surface area contributed by atoms with Crippen molar-refractivity contribution in [1.82, 2.24) is 19.6 Å². The minimum atomic E-state index is 0.198. The van der Waals surface area contributed by atoms with Gasteiger partial charge in [0.15, 0.2) is 0 Å². The Hall–Kier alpha value is -2.11. The predicted molar refractivity (Wildman–Crippen MR) is 103 cm³/mol. The highest BCUT2D eigenvalue weighted by atomic mass is 16.5. The lowest BCUT2D eigenvalue weighted by Crippen LogP contribution is -2.39. The Morgan fingerprint density at radius 2 is 1.93 bits per heavy atom. The van der Waals surface area contributed by atoms with E-state index in [9.17, 15) is 4.79 Å². The van der Waals surface area contributed by atoms with Crippen LogP contribution in [0.3, 0.4) is 0 Å². The van der Waals surface area contributed by atoms with Gasteiger partial charge in [0.1, 0.15) is 11.6 Å². The van der Waals surface area contributed by atoms with Crippen LogP contribution in [0.2, 0.25) is 0 Å². The van der Waals surface area contributed by atoms with Crippen LogP contribution in [-0.4, -0.2) is 38.6 Å². The Balaban J connectivity index is 1.27. The summed E-state index contributed by atoms with van der Waals surface area (Å²) < 4.78 is 7.60. The molecule has 6 nitrogen and oxygen atoms in total. The first kappa shape index (κ1) is 18.3. The largest absolute Gasteiger partial charge is 0.361 e. The number of carbonyl (C=O) groups excluding carboxylic acids is 1. The number of hydrogen-bond donors (Lipinski definition) is 0. The van der Waals surface area contributed by atoms with Crippen molar-refractivity contribution >= 4 is 5.91 Å². The number of hydrogen-bond acceptors (Lipinski definition) is 4. The molecule has 0 atom stereocenters. The topological polar surface area (TPSA) is 64.2 Å². The number of imidazole rings is 1. The summed E-state index contributed by atoms with van der Waals surface area (Å²) in [5.74, 6) is 3.64. The molecule has 0 unspecified atom stereocenters. The average Bonchev–Trinajstić information content (AvgIpc) is 3.38. The minimum absolute atomic E-state index is 0.198. The van der Waals surface area contributed by atoms with Crippen molar-refractivity contribution in [2.24, 2.45) is 5.92 Å². The zero-order chi connectivity index (χ0) is 19.0. The molecule has 1 aliphatic carbocycles. The first-order chi connectivity index (χ1) is 13.0. The smallest absolute Gasteiger partial charge is 0.227 e. The molecule has 146 valence electrons. The number of piperidine rings is 1. The van der Waals surface area contributed by atoms with Gasteiger partial charge in [-0.05, 0) is 58.8 Å².